The number of nitrogens with two attached hydrogens (primary N) is 1. The summed E-state index contributed by atoms with van der Waals surface area (Å²) in [5.41, 5.74) is 6.07. The monoisotopic (exact) mass is 309 g/mol. The zero-order valence-corrected chi connectivity index (χ0v) is 12.0. The normalized spacial score (nSPS) is 10.2. The molecule has 5 nitrogen and oxygen atoms in total. The van der Waals surface area contributed by atoms with E-state index in [1.54, 1.807) is 23.7 Å². The van der Waals surface area contributed by atoms with E-state index < -0.39 is 11.8 Å². The zero-order chi connectivity index (χ0) is 14.5. The first-order chi connectivity index (χ1) is 9.58. The maximum Gasteiger partial charge on any atom is 0.317 e. The van der Waals surface area contributed by atoms with E-state index in [-0.39, 0.29) is 0 Å². The number of rotatable bonds is 4. The van der Waals surface area contributed by atoms with Crippen molar-refractivity contribution < 1.29 is 9.59 Å². The average molecular weight is 310 g/mol. The van der Waals surface area contributed by atoms with Gasteiger partial charge in [-0.2, -0.15) is 0 Å². The molecule has 0 atom stereocenters. The van der Waals surface area contributed by atoms with Crippen molar-refractivity contribution in [2.45, 2.75) is 6.42 Å². The lowest BCUT2D eigenvalue weighted by atomic mass is 10.1. The molecule has 0 radical (unpaired) electrons. The highest BCUT2D eigenvalue weighted by Crippen LogP contribution is 2.18. The van der Waals surface area contributed by atoms with E-state index in [0.29, 0.717) is 23.1 Å². The van der Waals surface area contributed by atoms with Crippen molar-refractivity contribution in [3.8, 4) is 0 Å². The fraction of sp³-hybridized carbons (Fsp3) is 0.154. The van der Waals surface area contributed by atoms with Crippen LogP contribution in [0.25, 0.3) is 0 Å². The fourth-order valence-corrected chi connectivity index (χ4v) is 2.45. The summed E-state index contributed by atoms with van der Waals surface area (Å²) in [6, 6.07) is 7.30. The van der Waals surface area contributed by atoms with Crippen LogP contribution in [-0.4, -0.2) is 23.3 Å². The SMILES string of the molecule is NC(=O)C(=O)N(CCc1ccc(Cl)cc1)c1nccs1. The molecule has 104 valence electrons. The van der Waals surface area contributed by atoms with Gasteiger partial charge in [-0.25, -0.2) is 4.98 Å². The molecule has 0 aliphatic heterocycles. The Kier molecular flexibility index (Phi) is 4.70. The lowest BCUT2D eigenvalue weighted by molar-refractivity contribution is -0.135. The number of hydrogen-bond acceptors (Lipinski definition) is 4. The maximum atomic E-state index is 11.8. The molecule has 1 aromatic heterocycles. The minimum atomic E-state index is -0.990. The second kappa shape index (κ2) is 6.49. The van der Waals surface area contributed by atoms with Crippen LogP contribution in [0.4, 0.5) is 5.13 Å². The van der Waals surface area contributed by atoms with Gasteiger partial charge in [0.25, 0.3) is 0 Å². The van der Waals surface area contributed by atoms with E-state index in [9.17, 15) is 9.59 Å². The summed E-state index contributed by atoms with van der Waals surface area (Å²) >= 11 is 7.09. The minimum Gasteiger partial charge on any atom is -0.361 e. The summed E-state index contributed by atoms with van der Waals surface area (Å²) in [7, 11) is 0. The molecular weight excluding hydrogens is 298 g/mol. The molecule has 0 aliphatic carbocycles. The van der Waals surface area contributed by atoms with Gasteiger partial charge in [0.1, 0.15) is 0 Å². The zero-order valence-electron chi connectivity index (χ0n) is 10.5. The van der Waals surface area contributed by atoms with Gasteiger partial charge in [-0.15, -0.1) is 11.3 Å². The van der Waals surface area contributed by atoms with E-state index in [1.165, 1.54) is 16.2 Å². The number of aromatic nitrogens is 1. The predicted octanol–water partition coefficient (Wildman–Crippen LogP) is 1.86. The van der Waals surface area contributed by atoms with Gasteiger partial charge in [0.05, 0.1) is 0 Å². The Hall–Kier alpha value is -1.92. The van der Waals surface area contributed by atoms with Gasteiger partial charge in [-0.1, -0.05) is 23.7 Å². The highest BCUT2D eigenvalue weighted by molar-refractivity contribution is 7.13. The van der Waals surface area contributed by atoms with Gasteiger partial charge in [0.2, 0.25) is 0 Å². The molecule has 0 saturated carbocycles. The molecule has 0 unspecified atom stereocenters. The number of hydrogen-bond donors (Lipinski definition) is 1. The molecule has 7 heteroatoms. The first-order valence-corrected chi connectivity index (χ1v) is 7.09. The molecule has 0 saturated heterocycles. The molecule has 0 bridgehead atoms. The highest BCUT2D eigenvalue weighted by atomic mass is 35.5. The first kappa shape index (κ1) is 14.5. The quantitative estimate of drug-likeness (QED) is 0.876. The van der Waals surface area contributed by atoms with Crippen LogP contribution in [-0.2, 0) is 16.0 Å². The molecule has 2 N–H and O–H groups in total. The third kappa shape index (κ3) is 3.55. The molecular formula is C13H12ClN3O2S. The Bertz CT molecular complexity index is 599. The van der Waals surface area contributed by atoms with Crippen LogP contribution >= 0.6 is 22.9 Å². The van der Waals surface area contributed by atoms with E-state index in [4.69, 9.17) is 17.3 Å². The van der Waals surface area contributed by atoms with Crippen LogP contribution in [0.2, 0.25) is 5.02 Å². The van der Waals surface area contributed by atoms with Crippen molar-refractivity contribution >= 4 is 39.9 Å². The summed E-state index contributed by atoms with van der Waals surface area (Å²) in [4.78, 5) is 28.2. The van der Waals surface area contributed by atoms with E-state index >= 15 is 0 Å². The average Bonchev–Trinajstić information content (AvgIpc) is 2.94. The second-order valence-electron chi connectivity index (χ2n) is 4.01. The molecule has 0 fully saturated rings. The van der Waals surface area contributed by atoms with Crippen molar-refractivity contribution in [2.75, 3.05) is 11.4 Å². The van der Waals surface area contributed by atoms with Gasteiger partial charge < -0.3 is 5.73 Å². The van der Waals surface area contributed by atoms with Gasteiger partial charge >= 0.3 is 11.8 Å². The lowest BCUT2D eigenvalue weighted by Crippen LogP contribution is -2.41. The maximum absolute atomic E-state index is 11.8. The first-order valence-electron chi connectivity index (χ1n) is 5.83. The lowest BCUT2D eigenvalue weighted by Gasteiger charge is -2.17. The molecule has 2 aromatic rings. The molecule has 0 aliphatic rings. The number of benzene rings is 1. The number of primary amides is 1. The number of halogens is 1. The third-order valence-electron chi connectivity index (χ3n) is 2.64. The summed E-state index contributed by atoms with van der Waals surface area (Å²) in [5, 5.41) is 2.85. The number of nitrogens with zero attached hydrogens (tertiary/aromatic N) is 2. The van der Waals surface area contributed by atoms with Crippen LogP contribution in [0.5, 0.6) is 0 Å². The third-order valence-corrected chi connectivity index (χ3v) is 3.69. The van der Waals surface area contributed by atoms with Crippen molar-refractivity contribution in [2.24, 2.45) is 5.73 Å². The highest BCUT2D eigenvalue weighted by Gasteiger charge is 2.22. The number of carbonyl (C=O) groups is 2. The van der Waals surface area contributed by atoms with Gasteiger partial charge in [-0.05, 0) is 24.1 Å². The Labute approximate surface area is 125 Å². The number of amides is 2. The molecule has 0 spiro atoms. The van der Waals surface area contributed by atoms with Crippen LogP contribution in [0, 0.1) is 0 Å². The summed E-state index contributed by atoms with van der Waals surface area (Å²) in [5.74, 6) is -1.75. The summed E-state index contributed by atoms with van der Waals surface area (Å²) < 4.78 is 0. The van der Waals surface area contributed by atoms with Crippen LogP contribution in [0.3, 0.4) is 0 Å². The van der Waals surface area contributed by atoms with Crippen molar-refractivity contribution in [3.05, 3.63) is 46.4 Å². The summed E-state index contributed by atoms with van der Waals surface area (Å²) in [6.45, 7) is 0.330. The Morgan fingerprint density at radius 2 is 2.00 bits per heavy atom. The van der Waals surface area contributed by atoms with Crippen molar-refractivity contribution in [3.63, 3.8) is 0 Å². The van der Waals surface area contributed by atoms with Gasteiger partial charge in [0.15, 0.2) is 5.13 Å². The number of thiazole rings is 1. The molecule has 20 heavy (non-hydrogen) atoms. The second-order valence-corrected chi connectivity index (χ2v) is 5.32. The van der Waals surface area contributed by atoms with E-state index in [2.05, 4.69) is 4.98 Å². The fourth-order valence-electron chi connectivity index (χ4n) is 1.66. The minimum absolute atomic E-state index is 0.330. The van der Waals surface area contributed by atoms with Crippen molar-refractivity contribution in [1.29, 1.82) is 0 Å². The smallest absolute Gasteiger partial charge is 0.317 e. The Morgan fingerprint density at radius 3 is 2.55 bits per heavy atom. The van der Waals surface area contributed by atoms with E-state index in [1.807, 2.05) is 12.1 Å². The molecule has 1 aromatic carbocycles. The molecule has 2 amide bonds. The Balaban J connectivity index is 2.10. The van der Waals surface area contributed by atoms with Gasteiger partial charge in [0, 0.05) is 23.1 Å². The molecule has 2 rings (SSSR count). The van der Waals surface area contributed by atoms with Crippen molar-refractivity contribution in [1.82, 2.24) is 4.98 Å². The van der Waals surface area contributed by atoms with Gasteiger partial charge in [-0.3, -0.25) is 14.5 Å². The van der Waals surface area contributed by atoms with Crippen LogP contribution in [0.1, 0.15) is 5.56 Å². The number of carbonyl (C=O) groups excluding carboxylic acids is 2. The van der Waals surface area contributed by atoms with Crippen LogP contribution in [0.15, 0.2) is 35.8 Å². The molecule has 1 heterocycles. The Morgan fingerprint density at radius 1 is 1.30 bits per heavy atom. The standard InChI is InChI=1S/C13H12ClN3O2S/c14-10-3-1-9(2-4-10)5-7-17(12(19)11(15)18)13-16-6-8-20-13/h1-4,6,8H,5,7H2,(H2,15,18). The largest absolute Gasteiger partial charge is 0.361 e. The summed E-state index contributed by atoms with van der Waals surface area (Å²) in [6.07, 6.45) is 2.15. The van der Waals surface area contributed by atoms with Crippen LogP contribution < -0.4 is 10.6 Å². The number of anilines is 1. The van der Waals surface area contributed by atoms with E-state index in [0.717, 1.165) is 5.56 Å². The predicted molar refractivity (Wildman–Crippen MR) is 78.8 cm³/mol. The topological polar surface area (TPSA) is 76.3 Å².